The van der Waals surface area contributed by atoms with Gasteiger partial charge in [0.25, 0.3) is 10.0 Å². The molecule has 0 spiro atoms. The maximum atomic E-state index is 12.2. The van der Waals surface area contributed by atoms with Gasteiger partial charge in [-0.05, 0) is 41.8 Å². The maximum Gasteiger partial charge on any atom is 0.263 e. The van der Waals surface area contributed by atoms with Gasteiger partial charge in [0, 0.05) is 24.2 Å². The van der Waals surface area contributed by atoms with Crippen molar-refractivity contribution in [3.05, 3.63) is 84.4 Å². The highest BCUT2D eigenvalue weighted by molar-refractivity contribution is 7.90. The first kappa shape index (κ1) is 19.8. The number of anilines is 1. The molecule has 0 unspecified atom stereocenters. The van der Waals surface area contributed by atoms with Crippen LogP contribution in [0.15, 0.2) is 88.8 Å². The molecule has 0 saturated carbocycles. The third-order valence-corrected chi connectivity index (χ3v) is 6.17. The SMILES string of the molecule is O=C(CCCN=C1NS(=O)(=O)c2ccccc21)Nc1ccc(-c2ccccc2)cc1. The Hall–Kier alpha value is -3.45. The van der Waals surface area contributed by atoms with E-state index in [1.165, 1.54) is 0 Å². The molecule has 1 amide bonds. The summed E-state index contributed by atoms with van der Waals surface area (Å²) in [5, 5.41) is 2.88. The monoisotopic (exact) mass is 419 g/mol. The lowest BCUT2D eigenvalue weighted by Gasteiger charge is -2.07. The van der Waals surface area contributed by atoms with E-state index in [0.29, 0.717) is 30.8 Å². The van der Waals surface area contributed by atoms with Crippen molar-refractivity contribution in [2.75, 3.05) is 11.9 Å². The number of amidine groups is 1. The number of sulfonamides is 1. The fourth-order valence-corrected chi connectivity index (χ4v) is 4.53. The van der Waals surface area contributed by atoms with E-state index in [9.17, 15) is 13.2 Å². The second-order valence-corrected chi connectivity index (χ2v) is 8.58. The first-order valence-electron chi connectivity index (χ1n) is 9.65. The number of hydrogen-bond acceptors (Lipinski definition) is 4. The van der Waals surface area contributed by atoms with Gasteiger partial charge in [-0.15, -0.1) is 0 Å². The van der Waals surface area contributed by atoms with E-state index >= 15 is 0 Å². The first-order valence-corrected chi connectivity index (χ1v) is 11.1. The molecule has 1 heterocycles. The molecule has 0 fully saturated rings. The average Bonchev–Trinajstić information content (AvgIpc) is 3.03. The third kappa shape index (κ3) is 4.41. The Kier molecular flexibility index (Phi) is 5.63. The summed E-state index contributed by atoms with van der Waals surface area (Å²) in [5.74, 6) is 0.234. The number of fused-ring (bicyclic) bond motifs is 1. The standard InChI is InChI=1S/C23H21N3O3S/c27-22(25-19-14-12-18(13-15-19)17-7-2-1-3-8-17)11-6-16-24-23-20-9-4-5-10-21(20)30(28,29)26-23/h1-5,7-10,12-15H,6,11,16H2,(H,24,26)(H,25,27). The average molecular weight is 420 g/mol. The Morgan fingerprint density at radius 1 is 0.867 bits per heavy atom. The Bertz CT molecular complexity index is 1190. The van der Waals surface area contributed by atoms with Crippen molar-refractivity contribution in [1.29, 1.82) is 0 Å². The zero-order valence-electron chi connectivity index (χ0n) is 16.2. The number of rotatable bonds is 6. The van der Waals surface area contributed by atoms with Crippen LogP contribution < -0.4 is 10.0 Å². The lowest BCUT2D eigenvalue weighted by molar-refractivity contribution is -0.116. The predicted molar refractivity (Wildman–Crippen MR) is 118 cm³/mol. The van der Waals surface area contributed by atoms with Crippen molar-refractivity contribution in [1.82, 2.24) is 4.72 Å². The van der Waals surface area contributed by atoms with Crippen LogP contribution in [0.25, 0.3) is 11.1 Å². The fourth-order valence-electron chi connectivity index (χ4n) is 3.28. The van der Waals surface area contributed by atoms with Crippen molar-refractivity contribution in [3.8, 4) is 11.1 Å². The summed E-state index contributed by atoms with van der Waals surface area (Å²) >= 11 is 0. The molecule has 152 valence electrons. The second-order valence-electron chi connectivity index (χ2n) is 6.93. The van der Waals surface area contributed by atoms with Gasteiger partial charge < -0.3 is 5.32 Å². The smallest absolute Gasteiger partial charge is 0.263 e. The van der Waals surface area contributed by atoms with Crippen LogP contribution in [-0.2, 0) is 14.8 Å². The Morgan fingerprint density at radius 3 is 2.30 bits per heavy atom. The molecule has 7 heteroatoms. The van der Waals surface area contributed by atoms with E-state index in [0.717, 1.165) is 16.8 Å². The number of carbonyl (C=O) groups excluding carboxylic acids is 1. The molecule has 0 radical (unpaired) electrons. The Labute approximate surface area is 175 Å². The van der Waals surface area contributed by atoms with Gasteiger partial charge in [0.2, 0.25) is 5.91 Å². The van der Waals surface area contributed by atoms with Gasteiger partial charge >= 0.3 is 0 Å². The Balaban J connectivity index is 1.29. The van der Waals surface area contributed by atoms with Crippen molar-refractivity contribution >= 4 is 27.5 Å². The third-order valence-electron chi connectivity index (χ3n) is 4.77. The molecule has 3 aromatic carbocycles. The van der Waals surface area contributed by atoms with Gasteiger partial charge in [-0.3, -0.25) is 14.5 Å². The largest absolute Gasteiger partial charge is 0.326 e. The molecule has 0 aliphatic carbocycles. The number of amides is 1. The molecule has 2 N–H and O–H groups in total. The molecule has 6 nitrogen and oxygen atoms in total. The minimum atomic E-state index is -3.53. The molecule has 0 saturated heterocycles. The quantitative estimate of drug-likeness (QED) is 0.596. The molecule has 4 rings (SSSR count). The van der Waals surface area contributed by atoms with E-state index in [2.05, 4.69) is 15.0 Å². The fraction of sp³-hybridized carbons (Fsp3) is 0.130. The molecule has 3 aromatic rings. The molecule has 0 atom stereocenters. The summed E-state index contributed by atoms with van der Waals surface area (Å²) in [7, 11) is -3.53. The maximum absolute atomic E-state index is 12.2. The Morgan fingerprint density at radius 2 is 1.53 bits per heavy atom. The lowest BCUT2D eigenvalue weighted by atomic mass is 10.1. The van der Waals surface area contributed by atoms with Crippen LogP contribution in [-0.4, -0.2) is 26.7 Å². The number of carbonyl (C=O) groups is 1. The number of aliphatic imine (C=N–C) groups is 1. The number of hydrogen-bond donors (Lipinski definition) is 2. The summed E-state index contributed by atoms with van der Waals surface area (Å²) in [6, 6.07) is 24.5. The van der Waals surface area contributed by atoms with Crippen molar-refractivity contribution in [2.45, 2.75) is 17.7 Å². The lowest BCUT2D eigenvalue weighted by Crippen LogP contribution is -2.22. The van der Waals surface area contributed by atoms with E-state index in [1.807, 2.05) is 54.6 Å². The predicted octanol–water partition coefficient (Wildman–Crippen LogP) is 3.81. The zero-order chi connectivity index (χ0) is 21.0. The van der Waals surface area contributed by atoms with Crippen LogP contribution in [0, 0.1) is 0 Å². The number of nitrogens with zero attached hydrogens (tertiary/aromatic N) is 1. The van der Waals surface area contributed by atoms with E-state index in [-0.39, 0.29) is 10.8 Å². The van der Waals surface area contributed by atoms with Crippen LogP contribution in [0.2, 0.25) is 0 Å². The summed E-state index contributed by atoms with van der Waals surface area (Å²) in [4.78, 5) is 16.8. The highest BCUT2D eigenvalue weighted by Gasteiger charge is 2.29. The highest BCUT2D eigenvalue weighted by Crippen LogP contribution is 2.23. The van der Waals surface area contributed by atoms with Gasteiger partial charge in [-0.2, -0.15) is 0 Å². The van der Waals surface area contributed by atoms with Gasteiger partial charge in [-0.1, -0.05) is 54.6 Å². The summed E-state index contributed by atoms with van der Waals surface area (Å²) in [6.07, 6.45) is 0.812. The molecular weight excluding hydrogens is 398 g/mol. The zero-order valence-corrected chi connectivity index (χ0v) is 17.0. The van der Waals surface area contributed by atoms with Crippen molar-refractivity contribution in [2.24, 2.45) is 4.99 Å². The van der Waals surface area contributed by atoms with Crippen molar-refractivity contribution < 1.29 is 13.2 Å². The summed E-state index contributed by atoms with van der Waals surface area (Å²) in [6.45, 7) is 0.354. The van der Waals surface area contributed by atoms with Gasteiger partial charge in [0.1, 0.15) is 5.84 Å². The van der Waals surface area contributed by atoms with Crippen LogP contribution in [0.1, 0.15) is 18.4 Å². The van der Waals surface area contributed by atoms with Crippen LogP contribution in [0.3, 0.4) is 0 Å². The van der Waals surface area contributed by atoms with Crippen LogP contribution >= 0.6 is 0 Å². The highest BCUT2D eigenvalue weighted by atomic mass is 32.2. The number of nitrogens with one attached hydrogen (secondary N) is 2. The molecule has 1 aliphatic heterocycles. The van der Waals surface area contributed by atoms with Crippen LogP contribution in [0.5, 0.6) is 0 Å². The minimum absolute atomic E-state index is 0.102. The summed E-state index contributed by atoms with van der Waals surface area (Å²) in [5.41, 5.74) is 3.52. The summed E-state index contributed by atoms with van der Waals surface area (Å²) < 4.78 is 26.6. The molecular formula is C23H21N3O3S. The minimum Gasteiger partial charge on any atom is -0.326 e. The van der Waals surface area contributed by atoms with Crippen molar-refractivity contribution in [3.63, 3.8) is 0 Å². The second kappa shape index (κ2) is 8.51. The van der Waals surface area contributed by atoms with Crippen LogP contribution in [0.4, 0.5) is 5.69 Å². The molecule has 0 aromatic heterocycles. The molecule has 0 bridgehead atoms. The molecule has 30 heavy (non-hydrogen) atoms. The normalized spacial score (nSPS) is 15.4. The molecule has 1 aliphatic rings. The van der Waals surface area contributed by atoms with E-state index in [1.54, 1.807) is 24.3 Å². The van der Waals surface area contributed by atoms with Gasteiger partial charge in [0.15, 0.2) is 0 Å². The first-order chi connectivity index (χ1) is 14.5. The number of benzene rings is 3. The van der Waals surface area contributed by atoms with Gasteiger partial charge in [-0.25, -0.2) is 8.42 Å². The van der Waals surface area contributed by atoms with Gasteiger partial charge in [0.05, 0.1) is 4.90 Å². The van der Waals surface area contributed by atoms with E-state index in [4.69, 9.17) is 0 Å². The topological polar surface area (TPSA) is 87.6 Å². The van der Waals surface area contributed by atoms with E-state index < -0.39 is 10.0 Å².